The third kappa shape index (κ3) is 3.10. The number of nitrogens with one attached hydrogen (secondary N) is 1. The lowest BCUT2D eigenvalue weighted by atomic mass is 10.0. The third-order valence-electron chi connectivity index (χ3n) is 3.80. The summed E-state index contributed by atoms with van der Waals surface area (Å²) in [5.41, 5.74) is 2.25. The van der Waals surface area contributed by atoms with E-state index >= 15 is 0 Å². The van der Waals surface area contributed by atoms with Gasteiger partial charge in [0, 0.05) is 21.1 Å². The number of ether oxygens (including phenoxy) is 1. The second-order valence-electron chi connectivity index (χ2n) is 5.36. The van der Waals surface area contributed by atoms with E-state index in [1.165, 1.54) is 5.56 Å². The molecular weight excluding hydrogens is 304 g/mol. The number of carbonyl (C=O) groups is 1. The minimum absolute atomic E-state index is 0.125. The van der Waals surface area contributed by atoms with Gasteiger partial charge < -0.3 is 10.1 Å². The molecule has 6 heteroatoms. The first-order valence-corrected chi connectivity index (χ1v) is 7.58. The molecule has 0 radical (unpaired) electrons. The van der Waals surface area contributed by atoms with Crippen molar-refractivity contribution in [2.45, 2.75) is 25.6 Å². The zero-order chi connectivity index (χ0) is 23.5. The molecule has 0 unspecified atom stereocenters. The molecule has 1 aromatic heterocycles. The molecule has 4 rings (SSSR count). The second kappa shape index (κ2) is 6.57. The predicted molar refractivity (Wildman–Crippen MR) is 90.4 cm³/mol. The van der Waals surface area contributed by atoms with Crippen LogP contribution in [0.25, 0.3) is 0 Å². The minimum atomic E-state index is -3.22. The highest BCUT2D eigenvalue weighted by Gasteiger charge is 2.23. The number of nitrogens with zero attached hydrogens (tertiary/aromatic N) is 3. The van der Waals surface area contributed by atoms with E-state index in [2.05, 4.69) is 15.3 Å². The number of hydrogen-bond acceptors (Lipinski definition) is 5. The van der Waals surface area contributed by atoms with Crippen LogP contribution in [-0.2, 0) is 17.6 Å². The molecule has 0 spiro atoms. The molecular formula is C18H20N4O2. The Labute approximate surface area is 152 Å². The Bertz CT molecular complexity index is 1090. The number of benzene rings is 1. The van der Waals surface area contributed by atoms with Crippen LogP contribution in [0.2, 0.25) is 0 Å². The van der Waals surface area contributed by atoms with Gasteiger partial charge in [0.25, 0.3) is 0 Å². The summed E-state index contributed by atoms with van der Waals surface area (Å²) in [7, 11) is 0. The van der Waals surface area contributed by atoms with Crippen LogP contribution in [-0.4, -0.2) is 35.5 Å². The van der Waals surface area contributed by atoms with Crippen LogP contribution in [0.5, 0.6) is 11.6 Å². The van der Waals surface area contributed by atoms with E-state index in [0.29, 0.717) is 5.75 Å². The highest BCUT2D eigenvalue weighted by molar-refractivity contribution is 5.94. The van der Waals surface area contributed by atoms with Gasteiger partial charge >= 0.3 is 0 Å². The van der Waals surface area contributed by atoms with Gasteiger partial charge in [-0.15, -0.1) is 0 Å². The van der Waals surface area contributed by atoms with Gasteiger partial charge in [-0.25, -0.2) is 9.97 Å². The maximum absolute atomic E-state index is 12.5. The number of amides is 1. The first kappa shape index (κ1) is 8.58. The van der Waals surface area contributed by atoms with Gasteiger partial charge in [-0.3, -0.25) is 9.69 Å². The zero-order valence-electron chi connectivity index (χ0n) is 20.7. The summed E-state index contributed by atoms with van der Waals surface area (Å²) in [6.07, 6.45) is -6.11. The molecule has 1 fully saturated rings. The third-order valence-corrected chi connectivity index (χ3v) is 3.80. The Morgan fingerprint density at radius 2 is 2.08 bits per heavy atom. The number of fused-ring (bicyclic) bond motifs is 1. The predicted octanol–water partition coefficient (Wildman–Crippen LogP) is 2.08. The summed E-state index contributed by atoms with van der Waals surface area (Å²) in [6.45, 7) is -1.46. The Hall–Kier alpha value is -2.47. The summed E-state index contributed by atoms with van der Waals surface area (Å²) in [5.74, 6) is -2.26. The van der Waals surface area contributed by atoms with E-state index in [1.807, 2.05) is 12.1 Å². The maximum atomic E-state index is 12.5. The lowest BCUT2D eigenvalue weighted by Gasteiger charge is -2.14. The van der Waals surface area contributed by atoms with Crippen LogP contribution >= 0.6 is 0 Å². The molecule has 124 valence electrons. The summed E-state index contributed by atoms with van der Waals surface area (Å²) in [6, 6.07) is 5.42. The van der Waals surface area contributed by atoms with Crippen molar-refractivity contribution >= 4 is 11.7 Å². The molecule has 24 heavy (non-hydrogen) atoms. The quantitative estimate of drug-likeness (QED) is 0.932. The summed E-state index contributed by atoms with van der Waals surface area (Å²) < 4.78 is 68.8. The number of rotatable bonds is 3. The van der Waals surface area contributed by atoms with Crippen LogP contribution < -0.4 is 15.0 Å². The van der Waals surface area contributed by atoms with Crippen molar-refractivity contribution in [2.75, 3.05) is 24.5 Å². The normalized spacial score (nSPS) is 28.7. The van der Waals surface area contributed by atoms with Gasteiger partial charge in [0.15, 0.2) is 5.82 Å². The first-order valence-electron chi connectivity index (χ1n) is 11.6. The summed E-state index contributed by atoms with van der Waals surface area (Å²) in [4.78, 5) is 20.2. The molecule has 6 nitrogen and oxygen atoms in total. The van der Waals surface area contributed by atoms with Gasteiger partial charge in [0.05, 0.1) is 15.1 Å². The average Bonchev–Trinajstić information content (AvgIpc) is 2.91. The zero-order valence-corrected chi connectivity index (χ0v) is 12.7. The number of anilines is 1. The van der Waals surface area contributed by atoms with Crippen LogP contribution in [0.1, 0.15) is 34.8 Å². The molecule has 1 amide bonds. The van der Waals surface area contributed by atoms with Crippen molar-refractivity contribution in [3.05, 3.63) is 41.7 Å². The molecule has 0 saturated carbocycles. The SMILES string of the molecule is [2H]c1nc(N2C(=O)C([2H])([2H])C([2H])([2H])C2([2H])[2H])c([2H])nc1Oc1ccc2c(c1)CCNCC2. The fourth-order valence-electron chi connectivity index (χ4n) is 2.62. The van der Waals surface area contributed by atoms with Crippen LogP contribution in [0.15, 0.2) is 30.5 Å². The molecule has 0 aliphatic carbocycles. The van der Waals surface area contributed by atoms with Gasteiger partial charge in [0.2, 0.25) is 11.8 Å². The van der Waals surface area contributed by atoms with Crippen molar-refractivity contribution in [1.29, 1.82) is 0 Å². The molecule has 1 saturated heterocycles. The Morgan fingerprint density at radius 3 is 2.92 bits per heavy atom. The Balaban J connectivity index is 1.68. The summed E-state index contributed by atoms with van der Waals surface area (Å²) >= 11 is 0. The van der Waals surface area contributed by atoms with Crippen molar-refractivity contribution < 1.29 is 20.5 Å². The van der Waals surface area contributed by atoms with Crippen LogP contribution in [0.4, 0.5) is 5.82 Å². The van der Waals surface area contributed by atoms with E-state index in [9.17, 15) is 4.79 Å². The maximum Gasteiger partial charge on any atom is 0.237 e. The highest BCUT2D eigenvalue weighted by Crippen LogP contribution is 2.25. The Kier molecular flexibility index (Phi) is 2.35. The Morgan fingerprint density at radius 1 is 1.21 bits per heavy atom. The molecule has 2 aliphatic heterocycles. The smallest absolute Gasteiger partial charge is 0.237 e. The monoisotopic (exact) mass is 332 g/mol. The number of carbonyl (C=O) groups excluding carboxylic acids is 1. The van der Waals surface area contributed by atoms with Crippen LogP contribution in [0.3, 0.4) is 0 Å². The average molecular weight is 332 g/mol. The van der Waals surface area contributed by atoms with Gasteiger partial charge in [-0.05, 0) is 55.6 Å². The lowest BCUT2D eigenvalue weighted by Crippen LogP contribution is -2.24. The fourth-order valence-corrected chi connectivity index (χ4v) is 2.62. The van der Waals surface area contributed by atoms with Gasteiger partial charge in [-0.1, -0.05) is 6.07 Å². The number of hydrogen-bond donors (Lipinski definition) is 1. The van der Waals surface area contributed by atoms with Crippen molar-refractivity contribution in [1.82, 2.24) is 15.3 Å². The molecule has 2 aromatic rings. The van der Waals surface area contributed by atoms with E-state index in [1.54, 1.807) is 6.07 Å². The van der Waals surface area contributed by atoms with E-state index in [0.717, 1.165) is 31.5 Å². The van der Waals surface area contributed by atoms with Crippen molar-refractivity contribution in [3.63, 3.8) is 0 Å². The van der Waals surface area contributed by atoms with Gasteiger partial charge in [-0.2, -0.15) is 0 Å². The van der Waals surface area contributed by atoms with E-state index in [4.69, 9.17) is 15.7 Å². The van der Waals surface area contributed by atoms with Crippen molar-refractivity contribution in [3.8, 4) is 11.6 Å². The van der Waals surface area contributed by atoms with Gasteiger partial charge in [0.1, 0.15) is 5.75 Å². The largest absolute Gasteiger partial charge is 0.437 e. The minimum Gasteiger partial charge on any atom is -0.437 e. The molecule has 3 heterocycles. The number of aromatic nitrogens is 2. The summed E-state index contributed by atoms with van der Waals surface area (Å²) in [5, 5.41) is 3.30. The fraction of sp³-hybridized carbons (Fsp3) is 0.389. The first-order chi connectivity index (χ1) is 14.9. The second-order valence-corrected chi connectivity index (χ2v) is 5.36. The van der Waals surface area contributed by atoms with Crippen LogP contribution in [0, 0.1) is 0 Å². The standard InChI is InChI=1S/C18H20N4O2/c23-18-2-1-9-22(18)16-11-21-17(12-20-16)24-15-4-3-13-5-7-19-8-6-14(13)10-15/h3-4,10-12,19H,1-2,5-9H2/i1D2,2D2,9D2,11D,12D. The lowest BCUT2D eigenvalue weighted by molar-refractivity contribution is -0.117. The van der Waals surface area contributed by atoms with E-state index < -0.39 is 43.3 Å². The van der Waals surface area contributed by atoms with Crippen molar-refractivity contribution in [2.24, 2.45) is 0 Å². The molecule has 1 N–H and O–H groups in total. The highest BCUT2D eigenvalue weighted by atomic mass is 16.5. The van der Waals surface area contributed by atoms with E-state index in [-0.39, 0.29) is 10.8 Å². The molecule has 1 aromatic carbocycles. The molecule has 0 atom stereocenters. The molecule has 2 aliphatic rings. The molecule has 0 bridgehead atoms. The topological polar surface area (TPSA) is 67.4 Å².